The van der Waals surface area contributed by atoms with E-state index in [4.69, 9.17) is 0 Å². The first-order valence-electron chi connectivity index (χ1n) is 7.11. The van der Waals surface area contributed by atoms with Crippen molar-refractivity contribution in [2.24, 2.45) is 11.8 Å². The standard InChI is InChI=1S/C16H23FO/c1-2-12-3-7-14(8-4-12)16(18)11-13-5-9-15(17)10-6-13/h5-6,9-10,12,14,16,18H,2-4,7-8,11H2,1H3. The number of hydrogen-bond donors (Lipinski definition) is 1. The second-order valence-corrected chi connectivity index (χ2v) is 5.59. The van der Waals surface area contributed by atoms with Gasteiger partial charge in [0, 0.05) is 0 Å². The zero-order valence-electron chi connectivity index (χ0n) is 11.1. The molecular weight excluding hydrogens is 227 g/mol. The molecule has 2 rings (SSSR count). The minimum atomic E-state index is -0.270. The lowest BCUT2D eigenvalue weighted by molar-refractivity contribution is 0.0735. The first-order chi connectivity index (χ1) is 8.69. The van der Waals surface area contributed by atoms with Crippen molar-refractivity contribution in [1.29, 1.82) is 0 Å². The van der Waals surface area contributed by atoms with Crippen LogP contribution in [0, 0.1) is 17.7 Å². The summed E-state index contributed by atoms with van der Waals surface area (Å²) in [6, 6.07) is 6.48. The highest BCUT2D eigenvalue weighted by molar-refractivity contribution is 5.17. The summed E-state index contributed by atoms with van der Waals surface area (Å²) in [7, 11) is 0. The van der Waals surface area contributed by atoms with E-state index in [0.717, 1.165) is 24.3 Å². The van der Waals surface area contributed by atoms with Gasteiger partial charge in [-0.1, -0.05) is 38.3 Å². The van der Waals surface area contributed by atoms with Gasteiger partial charge in [0.05, 0.1) is 6.10 Å². The molecule has 0 radical (unpaired) electrons. The van der Waals surface area contributed by atoms with Crippen molar-refractivity contribution in [2.75, 3.05) is 0 Å². The largest absolute Gasteiger partial charge is 0.392 e. The molecule has 100 valence electrons. The molecule has 1 unspecified atom stereocenters. The van der Waals surface area contributed by atoms with E-state index in [-0.39, 0.29) is 11.9 Å². The van der Waals surface area contributed by atoms with Crippen LogP contribution in [-0.4, -0.2) is 11.2 Å². The van der Waals surface area contributed by atoms with E-state index in [9.17, 15) is 9.50 Å². The van der Waals surface area contributed by atoms with Gasteiger partial charge in [-0.2, -0.15) is 0 Å². The Morgan fingerprint density at radius 2 is 1.78 bits per heavy atom. The number of aliphatic hydroxyl groups excluding tert-OH is 1. The molecule has 2 heteroatoms. The molecule has 0 amide bonds. The molecule has 1 atom stereocenters. The van der Waals surface area contributed by atoms with Crippen LogP contribution < -0.4 is 0 Å². The van der Waals surface area contributed by atoms with Crippen LogP contribution in [0.25, 0.3) is 0 Å². The van der Waals surface area contributed by atoms with Crippen molar-refractivity contribution < 1.29 is 9.50 Å². The zero-order valence-corrected chi connectivity index (χ0v) is 11.1. The van der Waals surface area contributed by atoms with E-state index in [1.165, 1.54) is 31.4 Å². The molecule has 18 heavy (non-hydrogen) atoms. The van der Waals surface area contributed by atoms with Gasteiger partial charge in [0.15, 0.2) is 0 Å². The second-order valence-electron chi connectivity index (χ2n) is 5.59. The van der Waals surface area contributed by atoms with Gasteiger partial charge in [0.2, 0.25) is 0 Å². The van der Waals surface area contributed by atoms with Crippen molar-refractivity contribution in [1.82, 2.24) is 0 Å². The first kappa shape index (κ1) is 13.5. The van der Waals surface area contributed by atoms with Crippen LogP contribution in [-0.2, 0) is 6.42 Å². The van der Waals surface area contributed by atoms with Crippen LogP contribution in [0.15, 0.2) is 24.3 Å². The van der Waals surface area contributed by atoms with Crippen LogP contribution in [0.4, 0.5) is 4.39 Å². The fraction of sp³-hybridized carbons (Fsp3) is 0.625. The highest BCUT2D eigenvalue weighted by atomic mass is 19.1. The van der Waals surface area contributed by atoms with E-state index < -0.39 is 0 Å². The SMILES string of the molecule is CCC1CCC(C(O)Cc2ccc(F)cc2)CC1. The molecule has 1 aromatic rings. The molecule has 0 aliphatic heterocycles. The molecule has 1 nitrogen and oxygen atoms in total. The van der Waals surface area contributed by atoms with Gasteiger partial charge in [0.25, 0.3) is 0 Å². The molecule has 0 saturated heterocycles. The number of hydrogen-bond acceptors (Lipinski definition) is 1. The summed E-state index contributed by atoms with van der Waals surface area (Å²) in [5.74, 6) is 1.08. The fourth-order valence-electron chi connectivity index (χ4n) is 3.01. The van der Waals surface area contributed by atoms with Crippen molar-refractivity contribution in [3.8, 4) is 0 Å². The Hall–Kier alpha value is -0.890. The van der Waals surface area contributed by atoms with E-state index in [1.54, 1.807) is 12.1 Å². The van der Waals surface area contributed by atoms with Crippen LogP contribution in [0.3, 0.4) is 0 Å². The molecule has 1 fully saturated rings. The van der Waals surface area contributed by atoms with Crippen molar-refractivity contribution in [2.45, 2.75) is 51.6 Å². The Labute approximate surface area is 109 Å². The molecule has 0 heterocycles. The fourth-order valence-corrected chi connectivity index (χ4v) is 3.01. The molecule has 0 spiro atoms. The quantitative estimate of drug-likeness (QED) is 0.858. The summed E-state index contributed by atoms with van der Waals surface area (Å²) < 4.78 is 12.8. The second kappa shape index (κ2) is 6.33. The molecular formula is C16H23FO. The number of benzene rings is 1. The number of rotatable bonds is 4. The third-order valence-corrected chi connectivity index (χ3v) is 4.37. The number of halogens is 1. The van der Waals surface area contributed by atoms with Gasteiger partial charge in [-0.05, 0) is 48.8 Å². The molecule has 0 aromatic heterocycles. The maximum atomic E-state index is 12.8. The van der Waals surface area contributed by atoms with Crippen LogP contribution in [0.2, 0.25) is 0 Å². The first-order valence-corrected chi connectivity index (χ1v) is 7.11. The van der Waals surface area contributed by atoms with Gasteiger partial charge >= 0.3 is 0 Å². The van der Waals surface area contributed by atoms with E-state index in [1.807, 2.05) is 0 Å². The van der Waals surface area contributed by atoms with Gasteiger partial charge in [-0.15, -0.1) is 0 Å². The van der Waals surface area contributed by atoms with Gasteiger partial charge < -0.3 is 5.11 Å². The van der Waals surface area contributed by atoms with Gasteiger partial charge in [0.1, 0.15) is 5.82 Å². The average Bonchev–Trinajstić information content (AvgIpc) is 2.41. The minimum Gasteiger partial charge on any atom is -0.392 e. The smallest absolute Gasteiger partial charge is 0.123 e. The Kier molecular flexibility index (Phi) is 4.76. The van der Waals surface area contributed by atoms with Crippen molar-refractivity contribution in [3.05, 3.63) is 35.6 Å². The Bertz CT molecular complexity index is 352. The topological polar surface area (TPSA) is 20.2 Å². The van der Waals surface area contributed by atoms with E-state index in [2.05, 4.69) is 6.92 Å². The molecule has 1 aromatic carbocycles. The normalized spacial score (nSPS) is 25.9. The number of aliphatic hydroxyl groups is 1. The molecule has 0 bridgehead atoms. The summed E-state index contributed by atoms with van der Waals surface area (Å²) >= 11 is 0. The molecule has 1 N–H and O–H groups in total. The molecule has 1 saturated carbocycles. The van der Waals surface area contributed by atoms with E-state index >= 15 is 0 Å². The summed E-state index contributed by atoms with van der Waals surface area (Å²) in [6.07, 6.45) is 6.43. The highest BCUT2D eigenvalue weighted by Gasteiger charge is 2.25. The lowest BCUT2D eigenvalue weighted by atomic mass is 9.77. The van der Waals surface area contributed by atoms with Crippen LogP contribution in [0.1, 0.15) is 44.6 Å². The molecule has 1 aliphatic carbocycles. The summed E-state index contributed by atoms with van der Waals surface area (Å²) in [5.41, 5.74) is 1.03. The van der Waals surface area contributed by atoms with Crippen LogP contribution >= 0.6 is 0 Å². The zero-order chi connectivity index (χ0) is 13.0. The van der Waals surface area contributed by atoms with Gasteiger partial charge in [-0.25, -0.2) is 4.39 Å². The van der Waals surface area contributed by atoms with Crippen molar-refractivity contribution >= 4 is 0 Å². The highest BCUT2D eigenvalue weighted by Crippen LogP contribution is 2.33. The predicted octanol–water partition coefficient (Wildman–Crippen LogP) is 3.95. The Balaban J connectivity index is 1.85. The maximum Gasteiger partial charge on any atom is 0.123 e. The summed E-state index contributed by atoms with van der Waals surface area (Å²) in [5, 5.41) is 10.3. The predicted molar refractivity (Wildman–Crippen MR) is 71.8 cm³/mol. The third kappa shape index (κ3) is 3.55. The lowest BCUT2D eigenvalue weighted by Gasteiger charge is -2.31. The average molecular weight is 250 g/mol. The van der Waals surface area contributed by atoms with Gasteiger partial charge in [-0.3, -0.25) is 0 Å². The summed E-state index contributed by atoms with van der Waals surface area (Å²) in [6.45, 7) is 2.25. The third-order valence-electron chi connectivity index (χ3n) is 4.37. The summed E-state index contributed by atoms with van der Waals surface area (Å²) in [4.78, 5) is 0. The minimum absolute atomic E-state index is 0.211. The Morgan fingerprint density at radius 3 is 2.33 bits per heavy atom. The molecule has 1 aliphatic rings. The lowest BCUT2D eigenvalue weighted by Crippen LogP contribution is -2.27. The van der Waals surface area contributed by atoms with Crippen molar-refractivity contribution in [3.63, 3.8) is 0 Å². The maximum absolute atomic E-state index is 12.8. The Morgan fingerprint density at radius 1 is 1.17 bits per heavy atom. The van der Waals surface area contributed by atoms with E-state index in [0.29, 0.717) is 12.3 Å². The monoisotopic (exact) mass is 250 g/mol. The van der Waals surface area contributed by atoms with Crippen LogP contribution in [0.5, 0.6) is 0 Å².